The van der Waals surface area contributed by atoms with Crippen LogP contribution in [0, 0.1) is 11.8 Å². The fourth-order valence-electron chi connectivity index (χ4n) is 3.06. The molecule has 0 bridgehead atoms. The van der Waals surface area contributed by atoms with Crippen LogP contribution in [-0.4, -0.2) is 21.4 Å². The van der Waals surface area contributed by atoms with Crippen LogP contribution in [0.5, 0.6) is 0 Å². The third-order valence-corrected chi connectivity index (χ3v) is 4.21. The molecule has 1 aromatic carbocycles. The van der Waals surface area contributed by atoms with Gasteiger partial charge in [0.25, 0.3) is 0 Å². The van der Waals surface area contributed by atoms with E-state index in [1.165, 1.54) is 4.68 Å². The lowest BCUT2D eigenvalue weighted by Gasteiger charge is -2.29. The number of nitrogens with zero attached hydrogens (tertiary/aromatic N) is 2. The summed E-state index contributed by atoms with van der Waals surface area (Å²) in [4.78, 5) is 25.1. The third-order valence-electron chi connectivity index (χ3n) is 4.21. The smallest absolute Gasteiger partial charge is 0.437 e. The molecule has 0 N–H and O–H groups in total. The van der Waals surface area contributed by atoms with E-state index in [-0.39, 0.29) is 11.9 Å². The second-order valence-corrected chi connectivity index (χ2v) is 8.33. The minimum absolute atomic E-state index is 0.261. The molecule has 2 aromatic rings. The standard InChI is InChI=1S/C22H30N2O4/c1-16(2)14-19(24-21(26)27-15-23-24)18(20(25)28-22(3,4)5)13-9-12-17-10-7-6-8-11-17/h6-12,15-16,18-19H,13-14H2,1-5H3/b12-9+. The van der Waals surface area contributed by atoms with E-state index in [1.807, 2.05) is 77.1 Å². The Morgan fingerprint density at radius 3 is 2.46 bits per heavy atom. The molecule has 152 valence electrons. The lowest BCUT2D eigenvalue weighted by molar-refractivity contribution is -0.162. The first-order valence-corrected chi connectivity index (χ1v) is 9.64. The Hall–Kier alpha value is -2.63. The molecule has 6 nitrogen and oxygen atoms in total. The number of rotatable bonds is 8. The molecule has 28 heavy (non-hydrogen) atoms. The molecule has 1 aromatic heterocycles. The van der Waals surface area contributed by atoms with E-state index in [0.29, 0.717) is 12.8 Å². The van der Waals surface area contributed by atoms with Gasteiger partial charge in [0.1, 0.15) is 5.60 Å². The van der Waals surface area contributed by atoms with Crippen LogP contribution >= 0.6 is 0 Å². The highest BCUT2D eigenvalue weighted by atomic mass is 16.6. The quantitative estimate of drug-likeness (QED) is 0.625. The monoisotopic (exact) mass is 386 g/mol. The lowest BCUT2D eigenvalue weighted by atomic mass is 9.89. The van der Waals surface area contributed by atoms with Crippen molar-refractivity contribution in [2.24, 2.45) is 11.8 Å². The zero-order valence-corrected chi connectivity index (χ0v) is 17.3. The average Bonchev–Trinajstić information content (AvgIpc) is 3.02. The number of benzene rings is 1. The number of hydrogen-bond acceptors (Lipinski definition) is 5. The highest BCUT2D eigenvalue weighted by Crippen LogP contribution is 2.30. The summed E-state index contributed by atoms with van der Waals surface area (Å²) in [5, 5.41) is 4.04. The van der Waals surface area contributed by atoms with Crippen LogP contribution in [0.15, 0.2) is 52.0 Å². The van der Waals surface area contributed by atoms with Crippen LogP contribution in [0.3, 0.4) is 0 Å². The van der Waals surface area contributed by atoms with Crippen molar-refractivity contribution in [1.82, 2.24) is 9.78 Å². The van der Waals surface area contributed by atoms with Crippen molar-refractivity contribution < 1.29 is 13.9 Å². The maximum Gasteiger partial charge on any atom is 0.437 e. The first-order chi connectivity index (χ1) is 13.2. The van der Waals surface area contributed by atoms with E-state index in [4.69, 9.17) is 9.15 Å². The topological polar surface area (TPSA) is 74.3 Å². The predicted octanol–water partition coefficient (Wildman–Crippen LogP) is 4.48. The second kappa shape index (κ2) is 9.53. The molecule has 2 unspecified atom stereocenters. The van der Waals surface area contributed by atoms with E-state index < -0.39 is 23.3 Å². The first-order valence-electron chi connectivity index (χ1n) is 9.64. The number of ether oxygens (including phenoxy) is 1. The van der Waals surface area contributed by atoms with Crippen molar-refractivity contribution in [2.75, 3.05) is 0 Å². The summed E-state index contributed by atoms with van der Waals surface area (Å²) in [6.45, 7) is 9.60. The van der Waals surface area contributed by atoms with Gasteiger partial charge in [0, 0.05) is 0 Å². The Morgan fingerprint density at radius 1 is 1.25 bits per heavy atom. The zero-order valence-electron chi connectivity index (χ0n) is 17.3. The summed E-state index contributed by atoms with van der Waals surface area (Å²) in [6.07, 6.45) is 6.06. The van der Waals surface area contributed by atoms with E-state index in [0.717, 1.165) is 12.0 Å². The maximum atomic E-state index is 13.0. The first kappa shape index (κ1) is 21.7. The molecule has 2 atom stereocenters. The number of allylic oxidation sites excluding steroid dienone is 1. The van der Waals surface area contributed by atoms with Gasteiger partial charge in [0.15, 0.2) is 0 Å². The molecule has 0 aliphatic carbocycles. The largest absolute Gasteiger partial charge is 0.460 e. The summed E-state index contributed by atoms with van der Waals surface area (Å²) in [5.74, 6) is -1.20. The van der Waals surface area contributed by atoms with Crippen molar-refractivity contribution in [2.45, 2.75) is 59.1 Å². The highest BCUT2D eigenvalue weighted by Gasteiger charge is 2.34. The van der Waals surface area contributed by atoms with E-state index >= 15 is 0 Å². The van der Waals surface area contributed by atoms with E-state index in [9.17, 15) is 9.59 Å². The van der Waals surface area contributed by atoms with E-state index in [2.05, 4.69) is 5.10 Å². The molecule has 0 amide bonds. The average molecular weight is 386 g/mol. The molecule has 2 rings (SSSR count). The van der Waals surface area contributed by atoms with Gasteiger partial charge >= 0.3 is 11.7 Å². The van der Waals surface area contributed by atoms with Crippen molar-refractivity contribution in [3.8, 4) is 0 Å². The molecule has 0 saturated heterocycles. The molecule has 0 saturated carbocycles. The van der Waals surface area contributed by atoms with Crippen molar-refractivity contribution in [1.29, 1.82) is 0 Å². The summed E-state index contributed by atoms with van der Waals surface area (Å²) >= 11 is 0. The molecule has 0 radical (unpaired) electrons. The molecule has 6 heteroatoms. The van der Waals surface area contributed by atoms with Crippen LogP contribution in [0.2, 0.25) is 0 Å². The van der Waals surface area contributed by atoms with Crippen LogP contribution in [0.1, 0.15) is 59.1 Å². The highest BCUT2D eigenvalue weighted by molar-refractivity contribution is 5.74. The minimum Gasteiger partial charge on any atom is -0.460 e. The van der Waals surface area contributed by atoms with Crippen molar-refractivity contribution in [3.63, 3.8) is 0 Å². The van der Waals surface area contributed by atoms with Gasteiger partial charge in [0.2, 0.25) is 6.39 Å². The molecule has 0 spiro atoms. The number of carbonyl (C=O) groups is 1. The third kappa shape index (κ3) is 6.51. The zero-order chi connectivity index (χ0) is 20.7. The normalized spacial score (nSPS) is 14.4. The number of esters is 1. The molecule has 0 aliphatic rings. The fraction of sp³-hybridized carbons (Fsp3) is 0.500. The Kier molecular flexibility index (Phi) is 7.38. The number of aromatic nitrogens is 2. The van der Waals surface area contributed by atoms with Crippen LogP contribution in [0.4, 0.5) is 0 Å². The van der Waals surface area contributed by atoms with Gasteiger partial charge in [-0.1, -0.05) is 56.3 Å². The lowest BCUT2D eigenvalue weighted by Crippen LogP contribution is -2.37. The van der Waals surface area contributed by atoms with Gasteiger partial charge in [-0.25, -0.2) is 4.79 Å². The molecule has 0 fully saturated rings. The Labute approximate surface area is 166 Å². The molecular formula is C22H30N2O4. The maximum absolute atomic E-state index is 13.0. The second-order valence-electron chi connectivity index (χ2n) is 8.33. The predicted molar refractivity (Wildman–Crippen MR) is 109 cm³/mol. The molecule has 1 heterocycles. The van der Waals surface area contributed by atoms with Crippen LogP contribution in [0.25, 0.3) is 6.08 Å². The van der Waals surface area contributed by atoms with Gasteiger partial charge < -0.3 is 9.15 Å². The van der Waals surface area contributed by atoms with Crippen molar-refractivity contribution >= 4 is 12.0 Å². The van der Waals surface area contributed by atoms with Crippen molar-refractivity contribution in [3.05, 3.63) is 58.9 Å². The van der Waals surface area contributed by atoms with Gasteiger partial charge in [-0.05, 0) is 45.1 Å². The Morgan fingerprint density at radius 2 is 1.93 bits per heavy atom. The fourth-order valence-corrected chi connectivity index (χ4v) is 3.06. The Bertz CT molecular complexity index is 828. The Balaban J connectivity index is 2.33. The molecular weight excluding hydrogens is 356 g/mol. The summed E-state index contributed by atoms with van der Waals surface area (Å²) in [7, 11) is 0. The van der Waals surface area contributed by atoms with Crippen LogP contribution in [-0.2, 0) is 9.53 Å². The van der Waals surface area contributed by atoms with Gasteiger partial charge in [0.05, 0.1) is 12.0 Å². The minimum atomic E-state index is -0.615. The van der Waals surface area contributed by atoms with Gasteiger partial charge in [-0.3, -0.25) is 4.79 Å². The molecule has 0 aliphatic heterocycles. The van der Waals surface area contributed by atoms with Gasteiger partial charge in [-0.15, -0.1) is 5.10 Å². The summed E-state index contributed by atoms with van der Waals surface area (Å²) < 4.78 is 11.8. The van der Waals surface area contributed by atoms with Gasteiger partial charge in [-0.2, -0.15) is 4.68 Å². The van der Waals surface area contributed by atoms with Crippen LogP contribution < -0.4 is 5.76 Å². The van der Waals surface area contributed by atoms with E-state index in [1.54, 1.807) is 0 Å². The number of hydrogen-bond donors (Lipinski definition) is 0. The SMILES string of the molecule is CC(C)CC(C(C/C=C/c1ccccc1)C(=O)OC(C)(C)C)n1ncoc1=O. The number of carbonyl (C=O) groups excluding carboxylic acids is 1. The summed E-state index contributed by atoms with van der Waals surface area (Å²) in [5.41, 5.74) is 0.430. The summed E-state index contributed by atoms with van der Waals surface area (Å²) in [6, 6.07) is 9.42.